The fourth-order valence-electron chi connectivity index (χ4n) is 1.67. The molecule has 0 spiro atoms. The van der Waals surface area contributed by atoms with Crippen LogP contribution in [0.5, 0.6) is 5.75 Å². The maximum absolute atomic E-state index is 11.6. The molecule has 0 unspecified atom stereocenters. The van der Waals surface area contributed by atoms with Crippen molar-refractivity contribution in [2.24, 2.45) is 5.73 Å². The zero-order chi connectivity index (χ0) is 16.2. The highest BCUT2D eigenvalue weighted by molar-refractivity contribution is 6.31. The van der Waals surface area contributed by atoms with Crippen LogP contribution < -0.4 is 10.5 Å². The maximum atomic E-state index is 11.6. The van der Waals surface area contributed by atoms with Crippen LogP contribution >= 0.6 is 11.6 Å². The van der Waals surface area contributed by atoms with Crippen LogP contribution in [0.25, 0.3) is 0 Å². The molecule has 6 heteroatoms. The van der Waals surface area contributed by atoms with Gasteiger partial charge in [0.25, 0.3) is 5.91 Å². The van der Waals surface area contributed by atoms with Crippen LogP contribution in [0.4, 0.5) is 0 Å². The van der Waals surface area contributed by atoms with Gasteiger partial charge in [0, 0.05) is 5.02 Å². The van der Waals surface area contributed by atoms with Crippen LogP contribution in [0.1, 0.15) is 37.8 Å². The van der Waals surface area contributed by atoms with E-state index in [0.717, 1.165) is 11.1 Å². The Morgan fingerprint density at radius 3 is 2.43 bits per heavy atom. The molecule has 0 aromatic heterocycles. The van der Waals surface area contributed by atoms with Crippen molar-refractivity contribution < 1.29 is 19.1 Å². The van der Waals surface area contributed by atoms with Crippen molar-refractivity contribution in [3.8, 4) is 5.75 Å². The highest BCUT2D eigenvalue weighted by Gasteiger charge is 2.17. The van der Waals surface area contributed by atoms with Gasteiger partial charge >= 0.3 is 5.97 Å². The Labute approximate surface area is 129 Å². The van der Waals surface area contributed by atoms with Gasteiger partial charge in [-0.05, 0) is 43.0 Å². The largest absolute Gasteiger partial charge is 0.482 e. The molecule has 0 saturated carbocycles. The summed E-state index contributed by atoms with van der Waals surface area (Å²) in [5, 5.41) is 0.649. The first-order valence-corrected chi connectivity index (χ1v) is 7.01. The number of esters is 1. The Bertz CT molecular complexity index is 543. The van der Waals surface area contributed by atoms with E-state index in [1.54, 1.807) is 6.07 Å². The van der Waals surface area contributed by atoms with E-state index in [9.17, 15) is 9.59 Å². The van der Waals surface area contributed by atoms with E-state index in [2.05, 4.69) is 0 Å². The van der Waals surface area contributed by atoms with Crippen LogP contribution in [-0.2, 0) is 14.3 Å². The number of hydrogen-bond donors (Lipinski definition) is 1. The topological polar surface area (TPSA) is 78.6 Å². The molecular formula is C15H20ClNO4. The predicted molar refractivity (Wildman–Crippen MR) is 80.5 cm³/mol. The molecule has 21 heavy (non-hydrogen) atoms. The molecule has 1 rings (SSSR count). The van der Waals surface area contributed by atoms with E-state index in [-0.39, 0.29) is 12.5 Å². The Balaban J connectivity index is 2.77. The molecule has 0 saturated heterocycles. The smallest absolute Gasteiger partial charge is 0.344 e. The van der Waals surface area contributed by atoms with Crippen LogP contribution in [0.2, 0.25) is 5.02 Å². The Kier molecular flexibility index (Phi) is 6.03. The molecule has 1 atom stereocenters. The number of amides is 1. The fraction of sp³-hybridized carbons (Fsp3) is 0.467. The number of carbonyl (C=O) groups excluding carboxylic acids is 2. The molecule has 0 aliphatic heterocycles. The molecule has 0 heterocycles. The SMILES string of the molecule is Cc1cc(OCC(=O)O[C@@H](C)C(N)=O)c(C(C)C)cc1Cl. The van der Waals surface area contributed by atoms with Gasteiger partial charge in [0.05, 0.1) is 0 Å². The Morgan fingerprint density at radius 1 is 1.29 bits per heavy atom. The Morgan fingerprint density at radius 2 is 1.90 bits per heavy atom. The van der Waals surface area contributed by atoms with E-state index in [4.69, 9.17) is 26.8 Å². The van der Waals surface area contributed by atoms with Crippen molar-refractivity contribution in [2.45, 2.75) is 39.7 Å². The van der Waals surface area contributed by atoms with Crippen molar-refractivity contribution in [2.75, 3.05) is 6.61 Å². The molecule has 0 aliphatic rings. The van der Waals surface area contributed by atoms with Gasteiger partial charge in [-0.2, -0.15) is 0 Å². The second-order valence-electron chi connectivity index (χ2n) is 5.12. The van der Waals surface area contributed by atoms with Gasteiger partial charge in [-0.25, -0.2) is 4.79 Å². The van der Waals surface area contributed by atoms with Gasteiger partial charge in [-0.15, -0.1) is 0 Å². The van der Waals surface area contributed by atoms with Gasteiger partial charge in [0.1, 0.15) is 5.75 Å². The fourth-order valence-corrected chi connectivity index (χ4v) is 1.84. The van der Waals surface area contributed by atoms with E-state index in [1.165, 1.54) is 6.92 Å². The van der Waals surface area contributed by atoms with Crippen LogP contribution in [0.15, 0.2) is 12.1 Å². The molecule has 0 radical (unpaired) electrons. The predicted octanol–water partition coefficient (Wildman–Crippen LogP) is 2.57. The molecule has 5 nitrogen and oxygen atoms in total. The molecule has 1 amide bonds. The number of benzene rings is 1. The van der Waals surface area contributed by atoms with Crippen molar-refractivity contribution >= 4 is 23.5 Å². The summed E-state index contributed by atoms with van der Waals surface area (Å²) in [5.74, 6) is -0.577. The molecule has 116 valence electrons. The van der Waals surface area contributed by atoms with Crippen LogP contribution in [-0.4, -0.2) is 24.6 Å². The van der Waals surface area contributed by atoms with Crippen molar-refractivity contribution in [3.63, 3.8) is 0 Å². The number of primary amides is 1. The van der Waals surface area contributed by atoms with Crippen molar-refractivity contribution in [1.82, 2.24) is 0 Å². The minimum Gasteiger partial charge on any atom is -0.482 e. The lowest BCUT2D eigenvalue weighted by Crippen LogP contribution is -2.32. The first-order chi connectivity index (χ1) is 9.72. The first kappa shape index (κ1) is 17.3. The summed E-state index contributed by atoms with van der Waals surface area (Å²) in [5.41, 5.74) is 6.78. The average Bonchev–Trinajstić information content (AvgIpc) is 2.39. The van der Waals surface area contributed by atoms with Gasteiger partial charge in [-0.3, -0.25) is 4.79 Å². The lowest BCUT2D eigenvalue weighted by Gasteiger charge is -2.16. The molecule has 1 aromatic carbocycles. The second-order valence-corrected chi connectivity index (χ2v) is 5.52. The van der Waals surface area contributed by atoms with Crippen LogP contribution in [0.3, 0.4) is 0 Å². The number of aryl methyl sites for hydroxylation is 1. The van der Waals surface area contributed by atoms with E-state index < -0.39 is 18.0 Å². The van der Waals surface area contributed by atoms with Crippen LogP contribution in [0, 0.1) is 6.92 Å². The second kappa shape index (κ2) is 7.31. The monoisotopic (exact) mass is 313 g/mol. The van der Waals surface area contributed by atoms with Crippen molar-refractivity contribution in [3.05, 3.63) is 28.3 Å². The lowest BCUT2D eigenvalue weighted by atomic mass is 10.0. The Hall–Kier alpha value is -1.75. The summed E-state index contributed by atoms with van der Waals surface area (Å²) >= 11 is 6.10. The summed E-state index contributed by atoms with van der Waals surface area (Å²) in [7, 11) is 0. The summed E-state index contributed by atoms with van der Waals surface area (Å²) in [4.78, 5) is 22.4. The summed E-state index contributed by atoms with van der Waals surface area (Å²) in [6, 6.07) is 3.61. The standard InChI is InChI=1S/C15H20ClNO4/c1-8(2)11-6-12(16)9(3)5-13(11)20-7-14(18)21-10(4)15(17)19/h5-6,8,10H,7H2,1-4H3,(H2,17,19)/t10-/m0/s1. The number of ether oxygens (including phenoxy) is 2. The number of nitrogens with two attached hydrogens (primary N) is 1. The minimum absolute atomic E-state index is 0.193. The quantitative estimate of drug-likeness (QED) is 0.819. The normalized spacial score (nSPS) is 12.1. The van der Waals surface area contributed by atoms with Gasteiger partial charge in [0.2, 0.25) is 0 Å². The molecule has 2 N–H and O–H groups in total. The number of hydrogen-bond acceptors (Lipinski definition) is 4. The summed E-state index contributed by atoms with van der Waals surface area (Å²) in [6.45, 7) is 6.97. The molecular weight excluding hydrogens is 294 g/mol. The highest BCUT2D eigenvalue weighted by atomic mass is 35.5. The molecule has 1 aromatic rings. The molecule has 0 fully saturated rings. The zero-order valence-corrected chi connectivity index (χ0v) is 13.4. The van der Waals surface area contributed by atoms with Gasteiger partial charge in [-0.1, -0.05) is 25.4 Å². The third kappa shape index (κ3) is 4.93. The molecule has 0 aliphatic carbocycles. The van der Waals surface area contributed by atoms with Crippen molar-refractivity contribution in [1.29, 1.82) is 0 Å². The number of rotatable bonds is 6. The third-order valence-electron chi connectivity index (χ3n) is 2.97. The highest BCUT2D eigenvalue weighted by Crippen LogP contribution is 2.31. The van der Waals surface area contributed by atoms with Gasteiger partial charge < -0.3 is 15.2 Å². The minimum atomic E-state index is -0.974. The number of carbonyl (C=O) groups is 2. The number of halogens is 1. The lowest BCUT2D eigenvalue weighted by molar-refractivity contribution is -0.155. The van der Waals surface area contributed by atoms with Gasteiger partial charge in [0.15, 0.2) is 12.7 Å². The zero-order valence-electron chi connectivity index (χ0n) is 12.6. The summed E-state index contributed by atoms with van der Waals surface area (Å²) in [6.07, 6.45) is -0.974. The summed E-state index contributed by atoms with van der Waals surface area (Å²) < 4.78 is 10.3. The maximum Gasteiger partial charge on any atom is 0.344 e. The van der Waals surface area contributed by atoms with E-state index >= 15 is 0 Å². The molecule has 0 bridgehead atoms. The first-order valence-electron chi connectivity index (χ1n) is 6.64. The van der Waals surface area contributed by atoms with E-state index in [1.807, 2.05) is 26.8 Å². The third-order valence-corrected chi connectivity index (χ3v) is 3.37. The average molecular weight is 314 g/mol. The van der Waals surface area contributed by atoms with E-state index in [0.29, 0.717) is 10.8 Å².